The Morgan fingerprint density at radius 1 is 1.32 bits per heavy atom. The van der Waals surface area contributed by atoms with Gasteiger partial charge in [-0.15, -0.1) is 0 Å². The van der Waals surface area contributed by atoms with Gasteiger partial charge >= 0.3 is 12.0 Å². The zero-order valence-electron chi connectivity index (χ0n) is 14.9. The van der Waals surface area contributed by atoms with Crippen molar-refractivity contribution in [2.24, 2.45) is 0 Å². The Labute approximate surface area is 153 Å². The normalized spacial score (nSPS) is 20.7. The molecule has 1 aliphatic carbocycles. The second-order valence-corrected chi connectivity index (χ2v) is 7.00. The average Bonchev–Trinajstić information content (AvgIpc) is 2.54. The van der Waals surface area contributed by atoms with Crippen molar-refractivity contribution >= 4 is 23.6 Å². The largest absolute Gasteiger partial charge is 0.480 e. The van der Waals surface area contributed by atoms with E-state index in [0.29, 0.717) is 11.6 Å². The molecule has 0 aliphatic heterocycles. The van der Waals surface area contributed by atoms with E-state index in [0.717, 1.165) is 18.4 Å². The van der Waals surface area contributed by atoms with Gasteiger partial charge in [-0.1, -0.05) is 30.7 Å². The minimum Gasteiger partial charge on any atom is -0.480 e. The van der Waals surface area contributed by atoms with E-state index in [1.807, 2.05) is 43.0 Å². The number of likely N-dealkylation sites (N-methyl/N-ethyl adjacent to an activating group) is 1. The Hall–Kier alpha value is -1.79. The maximum absolute atomic E-state index is 12.4. The molecule has 1 saturated carbocycles. The van der Waals surface area contributed by atoms with Crippen LogP contribution in [0.1, 0.15) is 38.3 Å². The fraction of sp³-hybridized carbons (Fsp3) is 0.556. The molecule has 1 aromatic carbocycles. The summed E-state index contributed by atoms with van der Waals surface area (Å²) in [4.78, 5) is 26.9. The third-order valence-corrected chi connectivity index (χ3v) is 5.21. The highest BCUT2D eigenvalue weighted by Crippen LogP contribution is 2.26. The molecule has 2 rings (SSSR count). The number of carboxylic acids is 1. The number of amides is 2. The van der Waals surface area contributed by atoms with Crippen LogP contribution in [0.3, 0.4) is 0 Å². The number of carboxylic acid groups (broad SMARTS) is 1. The summed E-state index contributed by atoms with van der Waals surface area (Å²) in [6, 6.07) is 7.61. The molecule has 0 radical (unpaired) electrons. The highest BCUT2D eigenvalue weighted by atomic mass is 35.5. The number of carbonyl (C=O) groups excluding carboxylic acids is 1. The number of carbonyl (C=O) groups is 2. The summed E-state index contributed by atoms with van der Waals surface area (Å²) >= 11 is 5.90. The van der Waals surface area contributed by atoms with Gasteiger partial charge in [-0.05, 0) is 44.0 Å². The van der Waals surface area contributed by atoms with Gasteiger partial charge in [0, 0.05) is 24.2 Å². The van der Waals surface area contributed by atoms with Gasteiger partial charge in [-0.25, -0.2) is 4.79 Å². The number of urea groups is 1. The standard InChI is InChI=1S/C18H26ClN3O3/c1-4-22(11-17(23)24)16-9-15(10-16)20-18(25)21(3)12(2)13-5-7-14(19)8-6-13/h5-8,12,15-16H,4,9-11H2,1-3H3,(H,20,25)(H,23,24). The number of rotatable bonds is 7. The minimum atomic E-state index is -0.814. The molecule has 1 atom stereocenters. The van der Waals surface area contributed by atoms with Gasteiger partial charge in [0.05, 0.1) is 12.6 Å². The van der Waals surface area contributed by atoms with Crippen molar-refractivity contribution in [2.45, 2.75) is 44.8 Å². The molecule has 138 valence electrons. The molecule has 1 aliphatic rings. The Morgan fingerprint density at radius 2 is 1.92 bits per heavy atom. The van der Waals surface area contributed by atoms with E-state index in [1.54, 1.807) is 11.9 Å². The number of aliphatic carboxylic acids is 1. The summed E-state index contributed by atoms with van der Waals surface area (Å²) in [7, 11) is 1.77. The van der Waals surface area contributed by atoms with Crippen LogP contribution in [0.4, 0.5) is 4.79 Å². The van der Waals surface area contributed by atoms with Crippen LogP contribution in [0, 0.1) is 0 Å². The lowest BCUT2D eigenvalue weighted by atomic mass is 9.85. The molecule has 1 aromatic rings. The highest BCUT2D eigenvalue weighted by Gasteiger charge is 2.35. The molecule has 7 heteroatoms. The molecule has 6 nitrogen and oxygen atoms in total. The van der Waals surface area contributed by atoms with E-state index < -0.39 is 5.97 Å². The lowest BCUT2D eigenvalue weighted by Crippen LogP contribution is -2.56. The Morgan fingerprint density at radius 3 is 2.44 bits per heavy atom. The topological polar surface area (TPSA) is 72.9 Å². The number of halogens is 1. The highest BCUT2D eigenvalue weighted by molar-refractivity contribution is 6.30. The van der Waals surface area contributed by atoms with Gasteiger partial charge in [0.25, 0.3) is 0 Å². The van der Waals surface area contributed by atoms with Crippen LogP contribution in [0.25, 0.3) is 0 Å². The van der Waals surface area contributed by atoms with E-state index in [-0.39, 0.29) is 30.7 Å². The Kier molecular flexibility index (Phi) is 6.67. The number of nitrogens with one attached hydrogen (secondary N) is 1. The maximum Gasteiger partial charge on any atom is 0.317 e. The third kappa shape index (κ3) is 5.09. The van der Waals surface area contributed by atoms with Crippen LogP contribution in [0.15, 0.2) is 24.3 Å². The number of benzene rings is 1. The predicted molar refractivity (Wildman–Crippen MR) is 97.9 cm³/mol. The van der Waals surface area contributed by atoms with Crippen LogP contribution in [0.5, 0.6) is 0 Å². The van der Waals surface area contributed by atoms with E-state index in [9.17, 15) is 9.59 Å². The summed E-state index contributed by atoms with van der Waals surface area (Å²) in [5.74, 6) is -0.814. The first-order chi connectivity index (χ1) is 11.8. The first-order valence-corrected chi connectivity index (χ1v) is 8.94. The zero-order valence-corrected chi connectivity index (χ0v) is 15.7. The van der Waals surface area contributed by atoms with Crippen LogP contribution in [-0.2, 0) is 4.79 Å². The van der Waals surface area contributed by atoms with Crippen molar-refractivity contribution in [3.05, 3.63) is 34.9 Å². The Bertz CT molecular complexity index is 602. The summed E-state index contributed by atoms with van der Waals surface area (Å²) in [6.45, 7) is 4.68. The second-order valence-electron chi connectivity index (χ2n) is 6.57. The van der Waals surface area contributed by atoms with Crippen molar-refractivity contribution in [1.82, 2.24) is 15.1 Å². The van der Waals surface area contributed by atoms with Crippen molar-refractivity contribution in [3.8, 4) is 0 Å². The van der Waals surface area contributed by atoms with Gasteiger partial charge in [-0.2, -0.15) is 0 Å². The van der Waals surface area contributed by atoms with Gasteiger partial charge in [0.2, 0.25) is 0 Å². The van der Waals surface area contributed by atoms with Crippen molar-refractivity contribution in [1.29, 1.82) is 0 Å². The van der Waals surface area contributed by atoms with E-state index >= 15 is 0 Å². The predicted octanol–water partition coefficient (Wildman–Crippen LogP) is 2.98. The summed E-state index contributed by atoms with van der Waals surface area (Å²) in [6.07, 6.45) is 1.58. The molecule has 1 fully saturated rings. The quantitative estimate of drug-likeness (QED) is 0.777. The zero-order chi connectivity index (χ0) is 18.6. The Balaban J connectivity index is 1.82. The van der Waals surface area contributed by atoms with Crippen molar-refractivity contribution in [2.75, 3.05) is 20.1 Å². The maximum atomic E-state index is 12.4. The van der Waals surface area contributed by atoms with Crippen LogP contribution >= 0.6 is 11.6 Å². The molecule has 25 heavy (non-hydrogen) atoms. The first kappa shape index (κ1) is 19.5. The van der Waals surface area contributed by atoms with Gasteiger partial charge in [0.1, 0.15) is 0 Å². The lowest BCUT2D eigenvalue weighted by molar-refractivity contribution is -0.139. The fourth-order valence-electron chi connectivity index (χ4n) is 3.09. The lowest BCUT2D eigenvalue weighted by Gasteiger charge is -2.43. The number of hydrogen-bond donors (Lipinski definition) is 2. The molecule has 2 amide bonds. The van der Waals surface area contributed by atoms with Gasteiger partial charge in [0.15, 0.2) is 0 Å². The van der Waals surface area contributed by atoms with Gasteiger partial charge < -0.3 is 15.3 Å². The fourth-order valence-corrected chi connectivity index (χ4v) is 3.22. The molecule has 0 heterocycles. The first-order valence-electron chi connectivity index (χ1n) is 8.56. The third-order valence-electron chi connectivity index (χ3n) is 4.96. The van der Waals surface area contributed by atoms with Crippen LogP contribution in [-0.4, -0.2) is 59.1 Å². The van der Waals surface area contributed by atoms with Crippen LogP contribution < -0.4 is 5.32 Å². The molecule has 0 bridgehead atoms. The van der Waals surface area contributed by atoms with Crippen molar-refractivity contribution in [3.63, 3.8) is 0 Å². The second kappa shape index (κ2) is 8.54. The average molecular weight is 368 g/mol. The molecule has 0 aromatic heterocycles. The molecule has 0 spiro atoms. The van der Waals surface area contributed by atoms with Crippen LogP contribution in [0.2, 0.25) is 5.02 Å². The summed E-state index contributed by atoms with van der Waals surface area (Å²) < 4.78 is 0. The summed E-state index contributed by atoms with van der Waals surface area (Å²) in [5.41, 5.74) is 1.02. The SMILES string of the molecule is CCN(CC(=O)O)C1CC(NC(=O)N(C)C(C)c2ccc(Cl)cc2)C1. The van der Waals surface area contributed by atoms with Crippen molar-refractivity contribution < 1.29 is 14.7 Å². The van der Waals surface area contributed by atoms with Gasteiger partial charge in [-0.3, -0.25) is 9.69 Å². The minimum absolute atomic E-state index is 0.0509. The summed E-state index contributed by atoms with van der Waals surface area (Å²) in [5, 5.41) is 12.6. The number of nitrogens with zero attached hydrogens (tertiary/aromatic N) is 2. The van der Waals surface area contributed by atoms with E-state index in [1.165, 1.54) is 0 Å². The molecule has 1 unspecified atom stereocenters. The molecular weight excluding hydrogens is 342 g/mol. The monoisotopic (exact) mass is 367 g/mol. The molecule has 2 N–H and O–H groups in total. The number of hydrogen-bond acceptors (Lipinski definition) is 3. The van der Waals surface area contributed by atoms with E-state index in [4.69, 9.17) is 16.7 Å². The smallest absolute Gasteiger partial charge is 0.317 e. The molecular formula is C18H26ClN3O3. The van der Waals surface area contributed by atoms with E-state index in [2.05, 4.69) is 5.32 Å². The molecule has 0 saturated heterocycles.